The molecule has 18 heavy (non-hydrogen) atoms. The Balaban J connectivity index is 3.04. The summed E-state index contributed by atoms with van der Waals surface area (Å²) in [5.41, 5.74) is -0.531. The molecule has 0 bridgehead atoms. The largest absolute Gasteiger partial charge is 0.508 e. The van der Waals surface area contributed by atoms with Crippen LogP contribution < -0.4 is 9.92 Å². The maximum atomic E-state index is 11.8. The fraction of sp³-hybridized carbons (Fsp3) is 0.500. The van der Waals surface area contributed by atoms with E-state index >= 15 is 0 Å². The van der Waals surface area contributed by atoms with E-state index in [9.17, 15) is 9.90 Å². The number of phenols is 1. The van der Waals surface area contributed by atoms with Crippen molar-refractivity contribution in [3.05, 3.63) is 18.2 Å². The van der Waals surface area contributed by atoms with Gasteiger partial charge in [0.2, 0.25) is 0 Å². The van der Waals surface area contributed by atoms with Crippen molar-refractivity contribution < 1.29 is 14.6 Å². The summed E-state index contributed by atoms with van der Waals surface area (Å²) in [6, 6.07) is 5.01. The number of carbonyl (C=O) groups excluding carboxylic acids is 1. The Morgan fingerprint density at radius 3 is 2.22 bits per heavy atom. The third-order valence-corrected chi connectivity index (χ3v) is 4.62. The Labute approximate surface area is 110 Å². The normalized spacial score (nSPS) is 12.3. The fourth-order valence-corrected chi connectivity index (χ4v) is 2.87. The molecule has 0 spiro atoms. The molecule has 1 aromatic carbocycles. The Hall–Kier alpha value is -1.29. The zero-order valence-electron chi connectivity index (χ0n) is 12.0. The second-order valence-corrected chi connectivity index (χ2v) is 11.6. The molecule has 0 amide bonds. The summed E-state index contributed by atoms with van der Waals surface area (Å²) in [6.45, 7) is 11.9. The van der Waals surface area contributed by atoms with Crippen LogP contribution in [-0.2, 0) is 4.79 Å². The molecule has 0 aromatic heterocycles. The third kappa shape index (κ3) is 3.60. The number of hydrogen-bond acceptors (Lipinski definition) is 3. The minimum absolute atomic E-state index is 0.269. The van der Waals surface area contributed by atoms with Gasteiger partial charge in [-0.05, 0) is 44.2 Å². The van der Waals surface area contributed by atoms with Gasteiger partial charge in [0.25, 0.3) is 0 Å². The molecule has 0 atom stereocenters. The van der Waals surface area contributed by atoms with Crippen molar-refractivity contribution in [3.63, 3.8) is 0 Å². The predicted octanol–water partition coefficient (Wildman–Crippen LogP) is 2.89. The van der Waals surface area contributed by atoms with Crippen molar-refractivity contribution >= 4 is 19.2 Å². The van der Waals surface area contributed by atoms with E-state index in [1.54, 1.807) is 18.2 Å². The maximum Gasteiger partial charge on any atom is 0.316 e. The molecule has 4 heteroatoms. The summed E-state index contributed by atoms with van der Waals surface area (Å²) in [5.74, 6) is 0.518. The first-order valence-electron chi connectivity index (χ1n) is 6.07. The van der Waals surface area contributed by atoms with Crippen molar-refractivity contribution in [2.24, 2.45) is 5.41 Å². The number of ether oxygens (including phenoxy) is 1. The highest BCUT2D eigenvalue weighted by atomic mass is 28.3. The first-order chi connectivity index (χ1) is 8.01. The number of benzene rings is 1. The topological polar surface area (TPSA) is 46.5 Å². The molecule has 1 rings (SSSR count). The van der Waals surface area contributed by atoms with Gasteiger partial charge >= 0.3 is 5.97 Å². The number of esters is 1. The lowest BCUT2D eigenvalue weighted by atomic mass is 9.97. The monoisotopic (exact) mass is 266 g/mol. The lowest BCUT2D eigenvalue weighted by molar-refractivity contribution is -0.142. The van der Waals surface area contributed by atoms with E-state index in [1.807, 2.05) is 20.8 Å². The van der Waals surface area contributed by atoms with Crippen molar-refractivity contribution in [1.82, 2.24) is 0 Å². The van der Waals surface area contributed by atoms with Gasteiger partial charge in [0, 0.05) is 0 Å². The molecular weight excluding hydrogens is 244 g/mol. The summed E-state index contributed by atoms with van der Waals surface area (Å²) < 4.78 is 5.34. The standard InChI is InChI=1S/C14H22O3Si/c1-14(2,3)13(16)17-10-7-8-11(15)12(9-10)18(4,5)6/h7-9,15H,1-6H3. The molecule has 0 aliphatic heterocycles. The average molecular weight is 266 g/mol. The second kappa shape index (κ2) is 4.76. The SMILES string of the molecule is CC(C)(C)C(=O)Oc1ccc(O)c([Si](C)(C)C)c1. The van der Waals surface area contributed by atoms with Gasteiger partial charge in [-0.25, -0.2) is 0 Å². The molecule has 100 valence electrons. The number of aromatic hydroxyl groups is 1. The average Bonchev–Trinajstić information content (AvgIpc) is 2.17. The predicted molar refractivity (Wildman–Crippen MR) is 76.2 cm³/mol. The molecule has 1 N–H and O–H groups in total. The summed E-state index contributed by atoms with van der Waals surface area (Å²) in [4.78, 5) is 11.8. The maximum absolute atomic E-state index is 11.8. The molecule has 0 aliphatic rings. The number of phenolic OH excluding ortho intramolecular Hbond substituents is 1. The highest BCUT2D eigenvalue weighted by Crippen LogP contribution is 2.22. The van der Waals surface area contributed by atoms with Crippen molar-refractivity contribution in [1.29, 1.82) is 0 Å². The smallest absolute Gasteiger partial charge is 0.316 e. The molecule has 0 unspecified atom stereocenters. The van der Waals surface area contributed by atoms with E-state index in [0.29, 0.717) is 5.75 Å². The van der Waals surface area contributed by atoms with Gasteiger partial charge in [0.05, 0.1) is 13.5 Å². The van der Waals surface area contributed by atoms with Crippen LogP contribution in [0.5, 0.6) is 11.5 Å². The van der Waals surface area contributed by atoms with Crippen LogP contribution in [0.15, 0.2) is 18.2 Å². The van der Waals surface area contributed by atoms with Crippen molar-refractivity contribution in [2.45, 2.75) is 40.4 Å². The molecule has 1 aromatic rings. The Bertz CT molecular complexity index is 453. The van der Waals surface area contributed by atoms with E-state index in [2.05, 4.69) is 19.6 Å². The minimum atomic E-state index is -1.65. The van der Waals surface area contributed by atoms with Crippen LogP contribution in [0.3, 0.4) is 0 Å². The number of hydrogen-bond donors (Lipinski definition) is 1. The van der Waals surface area contributed by atoms with E-state index in [4.69, 9.17) is 4.74 Å². The Morgan fingerprint density at radius 2 is 1.78 bits per heavy atom. The van der Waals surface area contributed by atoms with Gasteiger partial charge in [-0.1, -0.05) is 19.6 Å². The minimum Gasteiger partial charge on any atom is -0.508 e. The number of rotatable bonds is 2. The zero-order valence-corrected chi connectivity index (χ0v) is 13.0. The summed E-state index contributed by atoms with van der Waals surface area (Å²) in [5, 5.41) is 10.8. The lowest BCUT2D eigenvalue weighted by Crippen LogP contribution is -2.38. The van der Waals surface area contributed by atoms with Gasteiger partial charge in [0.15, 0.2) is 0 Å². The van der Waals surface area contributed by atoms with Gasteiger partial charge in [0.1, 0.15) is 11.5 Å². The van der Waals surface area contributed by atoms with E-state index in [0.717, 1.165) is 5.19 Å². The van der Waals surface area contributed by atoms with Crippen LogP contribution in [0.2, 0.25) is 19.6 Å². The van der Waals surface area contributed by atoms with Crippen LogP contribution >= 0.6 is 0 Å². The first kappa shape index (κ1) is 14.8. The van der Waals surface area contributed by atoms with Crippen LogP contribution in [0, 0.1) is 5.41 Å². The van der Waals surface area contributed by atoms with E-state index < -0.39 is 13.5 Å². The zero-order chi connectivity index (χ0) is 14.1. The van der Waals surface area contributed by atoms with E-state index in [-0.39, 0.29) is 11.7 Å². The van der Waals surface area contributed by atoms with Crippen molar-refractivity contribution in [2.75, 3.05) is 0 Å². The molecule has 3 nitrogen and oxygen atoms in total. The molecular formula is C14H22O3Si. The van der Waals surface area contributed by atoms with Gasteiger partial charge in [-0.2, -0.15) is 0 Å². The van der Waals surface area contributed by atoms with Crippen molar-refractivity contribution in [3.8, 4) is 11.5 Å². The highest BCUT2D eigenvalue weighted by molar-refractivity contribution is 6.89. The van der Waals surface area contributed by atoms with Crippen LogP contribution in [0.1, 0.15) is 20.8 Å². The molecule has 0 saturated carbocycles. The second-order valence-electron chi connectivity index (χ2n) is 6.57. The Morgan fingerprint density at radius 1 is 1.22 bits per heavy atom. The van der Waals surface area contributed by atoms with Crippen LogP contribution in [0.4, 0.5) is 0 Å². The highest BCUT2D eigenvalue weighted by Gasteiger charge is 2.25. The third-order valence-electron chi connectivity index (χ3n) is 2.60. The molecule has 0 aliphatic carbocycles. The van der Waals surface area contributed by atoms with Gasteiger partial charge < -0.3 is 9.84 Å². The van der Waals surface area contributed by atoms with Gasteiger partial charge in [-0.3, -0.25) is 4.79 Å². The molecule has 0 heterocycles. The van der Waals surface area contributed by atoms with Crippen LogP contribution in [0.25, 0.3) is 0 Å². The summed E-state index contributed by atoms with van der Waals surface area (Å²) in [7, 11) is -1.65. The lowest BCUT2D eigenvalue weighted by Gasteiger charge is -2.20. The number of carbonyl (C=O) groups is 1. The quantitative estimate of drug-likeness (QED) is 0.508. The molecule has 0 fully saturated rings. The molecule has 0 radical (unpaired) electrons. The summed E-state index contributed by atoms with van der Waals surface area (Å²) >= 11 is 0. The Kier molecular flexibility index (Phi) is 3.91. The first-order valence-corrected chi connectivity index (χ1v) is 9.57. The fourth-order valence-electron chi connectivity index (χ4n) is 1.44. The van der Waals surface area contributed by atoms with Crippen LogP contribution in [-0.4, -0.2) is 19.1 Å². The summed E-state index contributed by atoms with van der Waals surface area (Å²) in [6.07, 6.45) is 0. The van der Waals surface area contributed by atoms with Gasteiger partial charge in [-0.15, -0.1) is 0 Å². The van der Waals surface area contributed by atoms with E-state index in [1.165, 1.54) is 0 Å². The molecule has 0 saturated heterocycles.